The zero-order chi connectivity index (χ0) is 14.0. The van der Waals surface area contributed by atoms with E-state index >= 15 is 0 Å². The maximum atomic E-state index is 2.57. The molecule has 1 heterocycles. The van der Waals surface area contributed by atoms with Crippen LogP contribution in [0.1, 0.15) is 34.1 Å². The molecule has 106 valence electrons. The fourth-order valence-corrected chi connectivity index (χ4v) is 2.73. The average Bonchev–Trinajstić information content (AvgIpc) is 2.52. The van der Waals surface area contributed by atoms with E-state index in [-0.39, 0.29) is 5.41 Å². The summed E-state index contributed by atoms with van der Waals surface area (Å²) in [7, 11) is 2.21. The zero-order valence-electron chi connectivity index (χ0n) is 13.2. The van der Waals surface area contributed by atoms with Gasteiger partial charge in [0.1, 0.15) is 0 Å². The predicted molar refractivity (Wildman–Crippen MR) is 83.1 cm³/mol. The predicted octanol–water partition coefficient (Wildman–Crippen LogP) is 3.44. The van der Waals surface area contributed by atoms with Gasteiger partial charge in [-0.1, -0.05) is 44.6 Å². The second kappa shape index (κ2) is 5.54. The normalized spacial score (nSPS) is 22.6. The third-order valence-corrected chi connectivity index (χ3v) is 4.08. The van der Waals surface area contributed by atoms with Gasteiger partial charge in [-0.05, 0) is 31.4 Å². The van der Waals surface area contributed by atoms with E-state index in [9.17, 15) is 0 Å². The largest absolute Gasteiger partial charge is 0.369 e. The Morgan fingerprint density at radius 1 is 1.00 bits per heavy atom. The number of hydrogen-bond acceptors (Lipinski definition) is 2. The van der Waals surface area contributed by atoms with E-state index in [4.69, 9.17) is 0 Å². The molecule has 2 heteroatoms. The lowest BCUT2D eigenvalue weighted by Crippen LogP contribution is -2.44. The summed E-state index contributed by atoms with van der Waals surface area (Å²) in [6, 6.07) is 0. The molecule has 0 aromatic carbocycles. The third kappa shape index (κ3) is 3.50. The zero-order valence-corrected chi connectivity index (χ0v) is 13.2. The Labute approximate surface area is 118 Å². The van der Waals surface area contributed by atoms with Crippen LogP contribution in [0.25, 0.3) is 0 Å². The van der Waals surface area contributed by atoms with E-state index in [1.165, 1.54) is 29.9 Å². The van der Waals surface area contributed by atoms with Crippen LogP contribution in [-0.2, 0) is 0 Å². The van der Waals surface area contributed by atoms with Crippen molar-refractivity contribution in [2.24, 2.45) is 5.41 Å². The number of hydrogen-bond donors (Lipinski definition) is 0. The molecule has 1 aliphatic carbocycles. The van der Waals surface area contributed by atoms with Gasteiger partial charge in [0.25, 0.3) is 0 Å². The van der Waals surface area contributed by atoms with Crippen LogP contribution >= 0.6 is 0 Å². The summed E-state index contributed by atoms with van der Waals surface area (Å²) in [4.78, 5) is 4.99. The van der Waals surface area contributed by atoms with Gasteiger partial charge in [0.2, 0.25) is 0 Å². The molecule has 19 heavy (non-hydrogen) atoms. The number of nitrogens with zero attached hydrogens (tertiary/aromatic N) is 2. The molecule has 1 saturated heterocycles. The number of rotatable bonds is 1. The molecule has 0 saturated carbocycles. The van der Waals surface area contributed by atoms with Crippen LogP contribution in [0, 0.1) is 5.41 Å². The van der Waals surface area contributed by atoms with Gasteiger partial charge in [0.05, 0.1) is 0 Å². The van der Waals surface area contributed by atoms with Crippen molar-refractivity contribution in [3.05, 3.63) is 35.1 Å². The smallest absolute Gasteiger partial charge is 0.0367 e. The first-order chi connectivity index (χ1) is 8.88. The highest BCUT2D eigenvalue weighted by molar-refractivity contribution is 5.41. The monoisotopic (exact) mass is 260 g/mol. The summed E-state index contributed by atoms with van der Waals surface area (Å²) in [6.07, 6.45) is 8.14. The summed E-state index contributed by atoms with van der Waals surface area (Å²) in [5.74, 6) is 0. The molecule has 2 aliphatic rings. The highest BCUT2D eigenvalue weighted by atomic mass is 15.3. The lowest BCUT2D eigenvalue weighted by Gasteiger charge is -2.39. The van der Waals surface area contributed by atoms with Crippen molar-refractivity contribution in [2.75, 3.05) is 33.2 Å². The van der Waals surface area contributed by atoms with Crippen LogP contribution < -0.4 is 0 Å². The Morgan fingerprint density at radius 2 is 1.63 bits per heavy atom. The Morgan fingerprint density at radius 3 is 2.21 bits per heavy atom. The quantitative estimate of drug-likeness (QED) is 0.712. The van der Waals surface area contributed by atoms with Gasteiger partial charge in [0.15, 0.2) is 0 Å². The van der Waals surface area contributed by atoms with E-state index < -0.39 is 0 Å². The van der Waals surface area contributed by atoms with Crippen molar-refractivity contribution in [2.45, 2.75) is 34.1 Å². The lowest BCUT2D eigenvalue weighted by atomic mass is 9.83. The number of likely N-dealkylation sites (N-methyl/N-ethyl adjacent to an activating group) is 1. The molecular formula is C17H28N2. The topological polar surface area (TPSA) is 6.48 Å². The summed E-state index contributed by atoms with van der Waals surface area (Å²) in [5.41, 5.74) is 4.60. The molecule has 0 aromatic heterocycles. The molecule has 0 radical (unpaired) electrons. The fourth-order valence-electron chi connectivity index (χ4n) is 2.73. The van der Waals surface area contributed by atoms with Crippen molar-refractivity contribution < 1.29 is 0 Å². The maximum absolute atomic E-state index is 2.57. The van der Waals surface area contributed by atoms with Gasteiger partial charge in [-0.15, -0.1) is 0 Å². The highest BCUT2D eigenvalue weighted by Crippen LogP contribution is 2.35. The summed E-state index contributed by atoms with van der Waals surface area (Å²) in [5, 5.41) is 0. The summed E-state index contributed by atoms with van der Waals surface area (Å²) < 4.78 is 0. The molecule has 0 amide bonds. The molecule has 0 atom stereocenters. The van der Waals surface area contributed by atoms with Crippen molar-refractivity contribution in [3.63, 3.8) is 0 Å². The first-order valence-corrected chi connectivity index (χ1v) is 7.40. The Balaban J connectivity index is 2.26. The third-order valence-electron chi connectivity index (χ3n) is 4.08. The highest BCUT2D eigenvalue weighted by Gasteiger charge is 2.26. The van der Waals surface area contributed by atoms with Gasteiger partial charge in [0, 0.05) is 31.9 Å². The van der Waals surface area contributed by atoms with Crippen LogP contribution in [0.2, 0.25) is 0 Å². The average molecular weight is 260 g/mol. The van der Waals surface area contributed by atoms with Crippen molar-refractivity contribution in [1.29, 1.82) is 0 Å². The Kier molecular flexibility index (Phi) is 4.19. The first kappa shape index (κ1) is 14.4. The first-order valence-electron chi connectivity index (χ1n) is 7.40. The maximum Gasteiger partial charge on any atom is 0.0367 e. The number of allylic oxidation sites excluding steroid dienone is 5. The van der Waals surface area contributed by atoms with Crippen LogP contribution in [-0.4, -0.2) is 43.0 Å². The van der Waals surface area contributed by atoms with E-state index in [2.05, 4.69) is 62.8 Å². The van der Waals surface area contributed by atoms with E-state index in [1.807, 2.05) is 0 Å². The van der Waals surface area contributed by atoms with Crippen molar-refractivity contribution >= 4 is 0 Å². The fraction of sp³-hybridized carbons (Fsp3) is 0.647. The second-order valence-electron chi connectivity index (χ2n) is 6.93. The minimum atomic E-state index is 0.205. The van der Waals surface area contributed by atoms with Gasteiger partial charge >= 0.3 is 0 Å². The van der Waals surface area contributed by atoms with Crippen LogP contribution in [0.3, 0.4) is 0 Å². The molecule has 0 aromatic rings. The SMILES string of the molecule is CC1=CC=C(C(C)(C)C)C(N2CCN(C)CC2)=CC1. The van der Waals surface area contributed by atoms with Gasteiger partial charge < -0.3 is 9.80 Å². The van der Waals surface area contributed by atoms with Crippen molar-refractivity contribution in [3.8, 4) is 0 Å². The molecular weight excluding hydrogens is 232 g/mol. The van der Waals surface area contributed by atoms with Gasteiger partial charge in [-0.3, -0.25) is 0 Å². The van der Waals surface area contributed by atoms with E-state index in [1.54, 1.807) is 0 Å². The standard InChI is InChI=1S/C17H28N2/c1-14-6-8-15(17(2,3)4)16(9-7-14)19-12-10-18(5)11-13-19/h6,8-9H,7,10-13H2,1-5H3. The van der Waals surface area contributed by atoms with Gasteiger partial charge in [-0.2, -0.15) is 0 Å². The molecule has 0 spiro atoms. The second-order valence-corrected chi connectivity index (χ2v) is 6.93. The van der Waals surface area contributed by atoms with Crippen LogP contribution in [0.4, 0.5) is 0 Å². The molecule has 0 N–H and O–H groups in total. The van der Waals surface area contributed by atoms with E-state index in [0.29, 0.717) is 0 Å². The van der Waals surface area contributed by atoms with Crippen molar-refractivity contribution in [1.82, 2.24) is 9.80 Å². The van der Waals surface area contributed by atoms with Crippen LogP contribution in [0.5, 0.6) is 0 Å². The summed E-state index contributed by atoms with van der Waals surface area (Å²) >= 11 is 0. The minimum absolute atomic E-state index is 0.205. The minimum Gasteiger partial charge on any atom is -0.369 e. The summed E-state index contributed by atoms with van der Waals surface area (Å²) in [6.45, 7) is 13.8. The molecule has 2 nitrogen and oxygen atoms in total. The number of piperazine rings is 1. The van der Waals surface area contributed by atoms with E-state index in [0.717, 1.165) is 19.5 Å². The molecule has 1 fully saturated rings. The molecule has 0 unspecified atom stereocenters. The van der Waals surface area contributed by atoms with Gasteiger partial charge in [-0.25, -0.2) is 0 Å². The molecule has 1 aliphatic heterocycles. The Hall–Kier alpha value is -1.02. The molecule has 2 rings (SSSR count). The van der Waals surface area contributed by atoms with Crippen LogP contribution in [0.15, 0.2) is 35.1 Å². The lowest BCUT2D eigenvalue weighted by molar-refractivity contribution is 0.185. The molecule has 0 bridgehead atoms. The Bertz CT molecular complexity index is 413.